The molecule has 2 aliphatic carbocycles. The van der Waals surface area contributed by atoms with Crippen LogP contribution in [0.15, 0.2) is 24.3 Å². The molecule has 0 spiro atoms. The summed E-state index contributed by atoms with van der Waals surface area (Å²) in [6, 6.07) is 6.38. The number of nitrogens with one attached hydrogen (secondary N) is 3. The minimum Gasteiger partial charge on any atom is -0.493 e. The molecule has 7 atom stereocenters. The van der Waals surface area contributed by atoms with Gasteiger partial charge in [-0.2, -0.15) is 0 Å². The van der Waals surface area contributed by atoms with Crippen molar-refractivity contribution in [3.05, 3.63) is 29.8 Å². The highest BCUT2D eigenvalue weighted by atomic mass is 19.3. The van der Waals surface area contributed by atoms with Gasteiger partial charge in [-0.15, -0.1) is 0 Å². The number of hydrogen-bond acceptors (Lipinski definition) is 8. The van der Waals surface area contributed by atoms with E-state index in [-0.39, 0.29) is 60.7 Å². The Kier molecular flexibility index (Phi) is 9.03. The lowest BCUT2D eigenvalue weighted by atomic mass is 9.78. The molecule has 1 unspecified atom stereocenters. The van der Waals surface area contributed by atoms with E-state index in [2.05, 4.69) is 25.8 Å². The molecule has 0 bridgehead atoms. The summed E-state index contributed by atoms with van der Waals surface area (Å²) in [6.45, 7) is 5.31. The lowest BCUT2D eigenvalue weighted by Crippen LogP contribution is -2.70. The lowest BCUT2D eigenvalue weighted by Gasteiger charge is -2.49. The first-order valence-corrected chi connectivity index (χ1v) is 17.3. The first-order valence-electron chi connectivity index (χ1n) is 17.3. The van der Waals surface area contributed by atoms with E-state index in [1.165, 1.54) is 0 Å². The number of alkyl halides is 2. The van der Waals surface area contributed by atoms with E-state index in [4.69, 9.17) is 14.2 Å². The van der Waals surface area contributed by atoms with Crippen molar-refractivity contribution in [2.45, 2.75) is 106 Å². The molecule has 3 saturated heterocycles. The van der Waals surface area contributed by atoms with Crippen molar-refractivity contribution in [2.24, 2.45) is 11.8 Å². The third-order valence-electron chi connectivity index (χ3n) is 11.3. The fourth-order valence-electron chi connectivity index (χ4n) is 8.63. The van der Waals surface area contributed by atoms with Crippen molar-refractivity contribution >= 4 is 11.8 Å². The number of hydrogen-bond donors (Lipinski definition) is 3. The standard InChI is InChI=1S/C34H49F2N5O5/c1-3-44-24-16-23-17-41(27(19-40(23)18-24)31(42)38-26-12-15-45-28-7-5-4-6-25(26)28)34(20-46-34)30(22-10-13-33(35,36)14-11-22)39-32(43)29(37-2)21-8-9-21/h4-7,21-24,26-27,29-30,37H,3,8-20H2,1-2H3,(H,38,42)(H,39,43)/t23-,24-,26-,27+,29+,30+,34?/m1/s1. The largest absolute Gasteiger partial charge is 0.493 e. The Morgan fingerprint density at radius 1 is 1.07 bits per heavy atom. The highest BCUT2D eigenvalue weighted by molar-refractivity contribution is 5.84. The van der Waals surface area contributed by atoms with Crippen molar-refractivity contribution in [1.82, 2.24) is 25.8 Å². The highest BCUT2D eigenvalue weighted by Crippen LogP contribution is 2.48. The fraction of sp³-hybridized carbons (Fsp3) is 0.765. The van der Waals surface area contributed by atoms with Gasteiger partial charge in [-0.25, -0.2) is 8.78 Å². The Hall–Kier alpha value is -2.38. The molecule has 10 nitrogen and oxygen atoms in total. The van der Waals surface area contributed by atoms with Gasteiger partial charge in [-0.05, 0) is 64.0 Å². The molecule has 3 N–H and O–H groups in total. The second kappa shape index (κ2) is 12.9. The van der Waals surface area contributed by atoms with Gasteiger partial charge in [0.1, 0.15) is 11.8 Å². The molecule has 1 aromatic carbocycles. The summed E-state index contributed by atoms with van der Waals surface area (Å²) in [7, 11) is 1.80. The molecule has 254 valence electrons. The SMILES string of the molecule is CCO[C@@H]1C[C@@H]2CN(C3([C@@H](NC(=O)[C@@H](NC)C4CC4)C4CCC(F)(F)CC4)CO3)[C@H](C(=O)N[C@@H]3CCOc4ccccc43)CN2C1. The van der Waals surface area contributed by atoms with Crippen LogP contribution in [-0.2, 0) is 19.1 Å². The second-order valence-electron chi connectivity index (χ2n) is 14.2. The molecule has 12 heteroatoms. The van der Waals surface area contributed by atoms with Crippen LogP contribution in [0, 0.1) is 11.8 Å². The van der Waals surface area contributed by atoms with Gasteiger partial charge >= 0.3 is 0 Å². The summed E-state index contributed by atoms with van der Waals surface area (Å²) in [4.78, 5) is 32.7. The van der Waals surface area contributed by atoms with Gasteiger partial charge in [0.2, 0.25) is 17.7 Å². The summed E-state index contributed by atoms with van der Waals surface area (Å²) >= 11 is 0. The first-order chi connectivity index (χ1) is 22.2. The van der Waals surface area contributed by atoms with Gasteiger partial charge in [-0.1, -0.05) is 18.2 Å². The Morgan fingerprint density at radius 3 is 2.52 bits per heavy atom. The molecular formula is C34H49F2N5O5. The predicted molar refractivity (Wildman–Crippen MR) is 166 cm³/mol. The van der Waals surface area contributed by atoms with Crippen LogP contribution < -0.4 is 20.7 Å². The number of carbonyl (C=O) groups excluding carboxylic acids is 2. The molecule has 6 aliphatic rings. The van der Waals surface area contributed by atoms with E-state index in [1.54, 1.807) is 7.05 Å². The molecule has 4 heterocycles. The minimum atomic E-state index is -2.70. The highest BCUT2D eigenvalue weighted by Gasteiger charge is 2.64. The lowest BCUT2D eigenvalue weighted by molar-refractivity contribution is -0.140. The van der Waals surface area contributed by atoms with Gasteiger partial charge < -0.3 is 30.2 Å². The topological polar surface area (TPSA) is 108 Å². The third-order valence-corrected chi connectivity index (χ3v) is 11.3. The van der Waals surface area contributed by atoms with Gasteiger partial charge in [-0.3, -0.25) is 19.4 Å². The van der Waals surface area contributed by atoms with E-state index >= 15 is 0 Å². The molecule has 1 aromatic rings. The Labute approximate surface area is 270 Å². The average Bonchev–Trinajstić information content (AvgIpc) is 3.98. The number of likely N-dealkylation sites (N-methyl/N-ethyl adjacent to an activating group) is 1. The number of fused-ring (bicyclic) bond motifs is 2. The Balaban J connectivity index is 1.18. The van der Waals surface area contributed by atoms with Crippen LogP contribution in [0.2, 0.25) is 0 Å². The number of carbonyl (C=O) groups is 2. The van der Waals surface area contributed by atoms with Crippen LogP contribution in [0.4, 0.5) is 8.78 Å². The first kappa shape index (κ1) is 32.2. The van der Waals surface area contributed by atoms with Crippen LogP contribution >= 0.6 is 0 Å². The smallest absolute Gasteiger partial charge is 0.248 e. The number of piperazine rings is 1. The second-order valence-corrected chi connectivity index (χ2v) is 14.2. The molecule has 0 aromatic heterocycles. The maximum absolute atomic E-state index is 14.4. The third kappa shape index (κ3) is 6.40. The number of amides is 2. The number of rotatable bonds is 11. The number of ether oxygens (including phenoxy) is 3. The van der Waals surface area contributed by atoms with Crippen LogP contribution in [0.1, 0.15) is 69.9 Å². The van der Waals surface area contributed by atoms with Crippen LogP contribution in [0.3, 0.4) is 0 Å². The number of benzene rings is 1. The number of halogens is 2. The van der Waals surface area contributed by atoms with Gasteiger partial charge in [0.15, 0.2) is 5.72 Å². The quantitative estimate of drug-likeness (QED) is 0.316. The zero-order valence-corrected chi connectivity index (χ0v) is 27.0. The fourth-order valence-corrected chi connectivity index (χ4v) is 8.63. The van der Waals surface area contributed by atoms with Crippen molar-refractivity contribution in [1.29, 1.82) is 0 Å². The molecule has 46 heavy (non-hydrogen) atoms. The summed E-state index contributed by atoms with van der Waals surface area (Å²) in [5.74, 6) is -2.04. The van der Waals surface area contributed by atoms with Crippen molar-refractivity contribution in [2.75, 3.05) is 46.5 Å². The molecule has 4 aliphatic heterocycles. The van der Waals surface area contributed by atoms with Crippen LogP contribution in [0.25, 0.3) is 0 Å². The maximum Gasteiger partial charge on any atom is 0.248 e. The summed E-state index contributed by atoms with van der Waals surface area (Å²) < 4.78 is 47.1. The molecule has 2 amide bonds. The zero-order chi connectivity index (χ0) is 32.1. The predicted octanol–water partition coefficient (Wildman–Crippen LogP) is 2.82. The van der Waals surface area contributed by atoms with Crippen molar-refractivity contribution in [3.8, 4) is 5.75 Å². The van der Waals surface area contributed by atoms with Crippen molar-refractivity contribution in [3.63, 3.8) is 0 Å². The Bertz CT molecular complexity index is 1270. The van der Waals surface area contributed by atoms with Crippen LogP contribution in [0.5, 0.6) is 5.75 Å². The average molecular weight is 646 g/mol. The monoisotopic (exact) mass is 645 g/mol. The van der Waals surface area contributed by atoms with Crippen molar-refractivity contribution < 1.29 is 32.6 Å². The summed E-state index contributed by atoms with van der Waals surface area (Å²) in [6.07, 6.45) is 3.74. The maximum atomic E-state index is 14.4. The van der Waals surface area contributed by atoms with Gasteiger partial charge in [0.05, 0.1) is 37.4 Å². The number of nitrogens with zero attached hydrogens (tertiary/aromatic N) is 2. The molecule has 7 rings (SSSR count). The zero-order valence-electron chi connectivity index (χ0n) is 27.0. The number of epoxide rings is 1. The van der Waals surface area contributed by atoms with Crippen LogP contribution in [-0.4, -0.2) is 110 Å². The molecule has 2 saturated carbocycles. The van der Waals surface area contributed by atoms with E-state index in [9.17, 15) is 18.4 Å². The minimum absolute atomic E-state index is 0.0862. The van der Waals surface area contributed by atoms with Gasteiger partial charge in [0.25, 0.3) is 0 Å². The molecule has 0 radical (unpaired) electrons. The van der Waals surface area contributed by atoms with E-state index in [0.29, 0.717) is 52.2 Å². The normalized spacial score (nSPS) is 34.1. The van der Waals surface area contributed by atoms with E-state index in [1.807, 2.05) is 31.2 Å². The molecular weight excluding hydrogens is 596 g/mol. The van der Waals surface area contributed by atoms with Gasteiger partial charge in [0, 0.05) is 57.1 Å². The Morgan fingerprint density at radius 2 is 1.83 bits per heavy atom. The summed E-state index contributed by atoms with van der Waals surface area (Å²) in [5, 5.41) is 9.85. The molecule has 5 fully saturated rings. The van der Waals surface area contributed by atoms with E-state index in [0.717, 1.165) is 37.1 Å². The van der Waals surface area contributed by atoms with E-state index < -0.39 is 23.7 Å². The summed E-state index contributed by atoms with van der Waals surface area (Å²) in [5.41, 5.74) is 0.0175. The number of para-hydroxylation sites is 1.